The van der Waals surface area contributed by atoms with Gasteiger partial charge in [0, 0.05) is 17.2 Å². The summed E-state index contributed by atoms with van der Waals surface area (Å²) in [5, 5.41) is 30.9. The summed E-state index contributed by atoms with van der Waals surface area (Å²) < 4.78 is 7.12. The molecule has 1 aliphatic carbocycles. The van der Waals surface area contributed by atoms with Crippen LogP contribution < -0.4 is 4.74 Å². The van der Waals surface area contributed by atoms with Crippen molar-refractivity contribution >= 4 is 5.97 Å². The molecule has 0 bridgehead atoms. The summed E-state index contributed by atoms with van der Waals surface area (Å²) >= 11 is 0. The lowest BCUT2D eigenvalue weighted by Crippen LogP contribution is -2.06. The molecule has 166 valence electrons. The lowest BCUT2D eigenvalue weighted by molar-refractivity contribution is 0.0693. The molecule has 7 heteroatoms. The topological polar surface area (TPSA) is 105 Å². The van der Waals surface area contributed by atoms with E-state index in [-0.39, 0.29) is 28.7 Å². The zero-order valence-electron chi connectivity index (χ0n) is 17.9. The number of nitrogens with zero attached hydrogens (tertiary/aromatic N) is 2. The third-order valence-corrected chi connectivity index (χ3v) is 5.85. The molecule has 3 N–H and O–H groups in total. The summed E-state index contributed by atoms with van der Waals surface area (Å²) in [6.07, 6.45) is 1.91. The molecule has 1 fully saturated rings. The quantitative estimate of drug-likeness (QED) is 0.379. The van der Waals surface area contributed by atoms with Crippen molar-refractivity contribution in [1.82, 2.24) is 9.55 Å². The summed E-state index contributed by atoms with van der Waals surface area (Å²) in [6.45, 7) is 0. The molecule has 7 nitrogen and oxygen atoms in total. The number of aromatic carboxylic acids is 1. The van der Waals surface area contributed by atoms with Crippen molar-refractivity contribution in [3.05, 3.63) is 78.0 Å². The molecule has 1 saturated carbocycles. The van der Waals surface area contributed by atoms with Gasteiger partial charge in [-0.2, -0.15) is 0 Å². The van der Waals surface area contributed by atoms with E-state index in [1.54, 1.807) is 60.7 Å². The second-order valence-corrected chi connectivity index (χ2v) is 8.00. The predicted octanol–water partition coefficient (Wildman–Crippen LogP) is 5.20. The van der Waals surface area contributed by atoms with Gasteiger partial charge in [-0.05, 0) is 55.3 Å². The fourth-order valence-corrected chi connectivity index (χ4v) is 4.14. The second-order valence-electron chi connectivity index (χ2n) is 8.00. The number of methoxy groups -OCH3 is 1. The lowest BCUT2D eigenvalue weighted by Gasteiger charge is -2.15. The van der Waals surface area contributed by atoms with E-state index in [2.05, 4.69) is 0 Å². The number of hydrogen-bond donors (Lipinski definition) is 3. The van der Waals surface area contributed by atoms with Crippen molar-refractivity contribution in [3.8, 4) is 45.6 Å². The Balaban J connectivity index is 1.85. The average molecular weight is 442 g/mol. The number of ether oxygens (including phenoxy) is 1. The van der Waals surface area contributed by atoms with E-state index < -0.39 is 5.97 Å². The van der Waals surface area contributed by atoms with Crippen LogP contribution in [0.3, 0.4) is 0 Å². The molecule has 33 heavy (non-hydrogen) atoms. The number of phenolic OH excluding ortho intramolecular Hbond substituents is 2. The predicted molar refractivity (Wildman–Crippen MR) is 123 cm³/mol. The van der Waals surface area contributed by atoms with Gasteiger partial charge in [-0.1, -0.05) is 24.3 Å². The number of carboxylic acids is 1. The van der Waals surface area contributed by atoms with E-state index in [4.69, 9.17) is 9.72 Å². The number of para-hydroxylation sites is 2. The minimum atomic E-state index is -1.10. The zero-order chi connectivity index (χ0) is 23.1. The van der Waals surface area contributed by atoms with Gasteiger partial charge in [0.05, 0.1) is 24.1 Å². The fraction of sp³-hybridized carbons (Fsp3) is 0.154. The number of phenols is 2. The van der Waals surface area contributed by atoms with Gasteiger partial charge in [-0.15, -0.1) is 0 Å². The summed E-state index contributed by atoms with van der Waals surface area (Å²) in [5.74, 6) is -0.0243. The Morgan fingerprint density at radius 3 is 2.18 bits per heavy atom. The van der Waals surface area contributed by atoms with Crippen LogP contribution in [-0.2, 0) is 0 Å². The maximum Gasteiger partial charge on any atom is 0.339 e. The van der Waals surface area contributed by atoms with E-state index in [0.717, 1.165) is 18.5 Å². The highest BCUT2D eigenvalue weighted by Crippen LogP contribution is 2.49. The van der Waals surface area contributed by atoms with E-state index in [9.17, 15) is 20.1 Å². The number of hydrogen-bond acceptors (Lipinski definition) is 5. The first-order valence-electron chi connectivity index (χ1n) is 10.6. The summed E-state index contributed by atoms with van der Waals surface area (Å²) in [4.78, 5) is 16.8. The number of imidazole rings is 1. The monoisotopic (exact) mass is 442 g/mol. The first-order chi connectivity index (χ1) is 16.0. The van der Waals surface area contributed by atoms with Crippen molar-refractivity contribution in [3.63, 3.8) is 0 Å². The highest BCUT2D eigenvalue weighted by atomic mass is 16.5. The van der Waals surface area contributed by atoms with Crippen LogP contribution in [0.4, 0.5) is 0 Å². The Morgan fingerprint density at radius 1 is 0.970 bits per heavy atom. The zero-order valence-corrected chi connectivity index (χ0v) is 17.9. The van der Waals surface area contributed by atoms with E-state index in [0.29, 0.717) is 28.3 Å². The maximum atomic E-state index is 11.9. The molecule has 4 aromatic rings. The van der Waals surface area contributed by atoms with Gasteiger partial charge in [0.2, 0.25) is 0 Å². The third kappa shape index (κ3) is 3.57. The minimum Gasteiger partial charge on any atom is -0.507 e. The van der Waals surface area contributed by atoms with Gasteiger partial charge in [0.25, 0.3) is 0 Å². The Morgan fingerprint density at radius 2 is 1.61 bits per heavy atom. The molecule has 0 radical (unpaired) electrons. The summed E-state index contributed by atoms with van der Waals surface area (Å²) in [6, 6.07) is 18.8. The first kappa shape index (κ1) is 20.6. The number of aromatic nitrogens is 2. The molecule has 3 aromatic carbocycles. The van der Waals surface area contributed by atoms with Crippen molar-refractivity contribution in [2.75, 3.05) is 7.11 Å². The number of aromatic hydroxyl groups is 2. The molecule has 1 aliphatic rings. The number of benzene rings is 3. The molecule has 0 amide bonds. The van der Waals surface area contributed by atoms with E-state index >= 15 is 0 Å². The Kier molecular flexibility index (Phi) is 5.01. The Bertz CT molecular complexity index is 1370. The molecule has 1 aromatic heterocycles. The average Bonchev–Trinajstić information content (AvgIpc) is 3.59. The summed E-state index contributed by atoms with van der Waals surface area (Å²) in [5.41, 5.74) is 3.19. The number of carboxylic acid groups (broad SMARTS) is 1. The van der Waals surface area contributed by atoms with Crippen LogP contribution in [0.5, 0.6) is 17.2 Å². The van der Waals surface area contributed by atoms with Gasteiger partial charge >= 0.3 is 5.97 Å². The standard InChI is InChI=1S/C26H22N2O5/c1-33-22-13-12-16(14-19(22)26(31)32)28-24(15-10-11-15)23(17-6-2-4-8-20(17)29)27-25(28)18-7-3-5-9-21(18)30/h2-9,12-15,29-30H,10-11H2,1H3,(H,31,32). The largest absolute Gasteiger partial charge is 0.507 e. The van der Waals surface area contributed by atoms with Gasteiger partial charge < -0.3 is 20.1 Å². The van der Waals surface area contributed by atoms with Gasteiger partial charge in [0.1, 0.15) is 28.6 Å². The first-order valence-corrected chi connectivity index (χ1v) is 10.6. The van der Waals surface area contributed by atoms with Gasteiger partial charge in [-0.25, -0.2) is 9.78 Å². The summed E-state index contributed by atoms with van der Waals surface area (Å²) in [7, 11) is 1.43. The molecule has 0 unspecified atom stereocenters. The Hall–Kier alpha value is -4.26. The van der Waals surface area contributed by atoms with Crippen molar-refractivity contribution in [1.29, 1.82) is 0 Å². The third-order valence-electron chi connectivity index (χ3n) is 5.85. The van der Waals surface area contributed by atoms with Crippen LogP contribution in [0.15, 0.2) is 66.7 Å². The van der Waals surface area contributed by atoms with E-state index in [1.165, 1.54) is 7.11 Å². The highest BCUT2D eigenvalue weighted by Gasteiger charge is 2.35. The van der Waals surface area contributed by atoms with Gasteiger partial charge in [0.15, 0.2) is 0 Å². The smallest absolute Gasteiger partial charge is 0.339 e. The second kappa shape index (κ2) is 8.02. The molecular formula is C26H22N2O5. The normalized spacial score (nSPS) is 13.1. The minimum absolute atomic E-state index is 0.0257. The Labute approximate surface area is 190 Å². The molecule has 0 spiro atoms. The van der Waals surface area contributed by atoms with Crippen LogP contribution in [0.25, 0.3) is 28.3 Å². The van der Waals surface area contributed by atoms with Crippen molar-refractivity contribution in [2.45, 2.75) is 18.8 Å². The van der Waals surface area contributed by atoms with Crippen molar-refractivity contribution < 1.29 is 24.9 Å². The maximum absolute atomic E-state index is 11.9. The van der Waals surface area contributed by atoms with Gasteiger partial charge in [-0.3, -0.25) is 4.57 Å². The number of carbonyl (C=O) groups is 1. The van der Waals surface area contributed by atoms with Crippen LogP contribution in [0, 0.1) is 0 Å². The van der Waals surface area contributed by atoms with Crippen molar-refractivity contribution in [2.24, 2.45) is 0 Å². The van der Waals surface area contributed by atoms with Crippen LogP contribution in [-0.4, -0.2) is 37.9 Å². The highest BCUT2D eigenvalue weighted by molar-refractivity contribution is 5.92. The lowest BCUT2D eigenvalue weighted by atomic mass is 10.1. The number of rotatable bonds is 6. The molecule has 0 atom stereocenters. The fourth-order valence-electron chi connectivity index (χ4n) is 4.14. The SMILES string of the molecule is COc1ccc(-n2c(-c3ccccc3O)nc(-c3ccccc3O)c2C2CC2)cc1C(=O)O. The molecule has 0 saturated heterocycles. The molecule has 1 heterocycles. The van der Waals surface area contributed by atoms with Crippen LogP contribution in [0.2, 0.25) is 0 Å². The molecule has 5 rings (SSSR count). The van der Waals surface area contributed by atoms with E-state index in [1.807, 2.05) is 10.6 Å². The van der Waals surface area contributed by atoms with Crippen LogP contribution in [0.1, 0.15) is 34.8 Å². The van der Waals surface area contributed by atoms with Crippen LogP contribution >= 0.6 is 0 Å². The molecular weight excluding hydrogens is 420 g/mol. The molecule has 0 aliphatic heterocycles.